The Kier molecular flexibility index (Phi) is 9.96. The number of nitrogens with zero attached hydrogens (tertiary/aromatic N) is 2. The number of anilines is 1. The van der Waals surface area contributed by atoms with E-state index < -0.39 is 28.5 Å². The molecule has 2 amide bonds. The molecule has 10 heteroatoms. The summed E-state index contributed by atoms with van der Waals surface area (Å²) in [7, 11) is -3.77. The normalized spacial score (nSPS) is 12.4. The first-order valence-corrected chi connectivity index (χ1v) is 13.9. The van der Waals surface area contributed by atoms with Gasteiger partial charge in [0.1, 0.15) is 12.6 Å². The maximum atomic E-state index is 13.6. The maximum Gasteiger partial charge on any atom is 0.244 e. The second kappa shape index (κ2) is 12.0. The van der Waals surface area contributed by atoms with E-state index in [2.05, 4.69) is 21.2 Å². The summed E-state index contributed by atoms with van der Waals surface area (Å²) in [5.41, 5.74) is 1.99. The lowest BCUT2D eigenvalue weighted by atomic mass is 10.1. The molecule has 0 radical (unpaired) electrons. The Morgan fingerprint density at radius 3 is 2.24 bits per heavy atom. The van der Waals surface area contributed by atoms with Crippen LogP contribution in [0.15, 0.2) is 46.9 Å². The van der Waals surface area contributed by atoms with E-state index >= 15 is 0 Å². The molecule has 1 N–H and O–H groups in total. The highest BCUT2D eigenvalue weighted by atomic mass is 79.9. The van der Waals surface area contributed by atoms with Gasteiger partial charge >= 0.3 is 0 Å². The van der Waals surface area contributed by atoms with Crippen molar-refractivity contribution >= 4 is 55.1 Å². The van der Waals surface area contributed by atoms with Crippen molar-refractivity contribution in [1.29, 1.82) is 0 Å². The van der Waals surface area contributed by atoms with E-state index in [1.54, 1.807) is 42.5 Å². The number of carbonyl (C=O) groups is 2. The number of halogens is 2. The fourth-order valence-electron chi connectivity index (χ4n) is 3.48. The van der Waals surface area contributed by atoms with Crippen LogP contribution in [0, 0.1) is 6.92 Å². The Morgan fingerprint density at radius 1 is 1.12 bits per heavy atom. The number of benzene rings is 2. The van der Waals surface area contributed by atoms with E-state index in [1.807, 2.05) is 27.7 Å². The highest BCUT2D eigenvalue weighted by molar-refractivity contribution is 9.10. The standard InChI is InChI=1S/C24H31BrClN3O4S/c1-6-22(24(31)27-16(2)3)28(14-18-7-9-19(26)10-8-18)23(30)15-29(34(5,32)33)20-11-12-21(25)17(4)13-20/h7-13,16,22H,6,14-15H2,1-5H3,(H,27,31). The fourth-order valence-corrected chi connectivity index (χ4v) is 4.70. The molecule has 0 aliphatic heterocycles. The summed E-state index contributed by atoms with van der Waals surface area (Å²) < 4.78 is 27.2. The summed E-state index contributed by atoms with van der Waals surface area (Å²) in [6.45, 7) is 7.05. The van der Waals surface area contributed by atoms with Gasteiger partial charge in [0, 0.05) is 22.1 Å². The molecule has 0 aliphatic rings. The van der Waals surface area contributed by atoms with Gasteiger partial charge in [-0.3, -0.25) is 13.9 Å². The van der Waals surface area contributed by atoms with Crippen molar-refractivity contribution in [3.63, 3.8) is 0 Å². The molecule has 186 valence electrons. The molecule has 0 saturated carbocycles. The third-order valence-electron chi connectivity index (χ3n) is 5.19. The molecule has 1 unspecified atom stereocenters. The number of hydrogen-bond acceptors (Lipinski definition) is 4. The molecule has 0 saturated heterocycles. The Labute approximate surface area is 215 Å². The zero-order valence-electron chi connectivity index (χ0n) is 20.0. The van der Waals surface area contributed by atoms with Gasteiger partial charge in [-0.15, -0.1) is 0 Å². The Bertz CT molecular complexity index is 1120. The number of hydrogen-bond donors (Lipinski definition) is 1. The highest BCUT2D eigenvalue weighted by Gasteiger charge is 2.32. The van der Waals surface area contributed by atoms with Crippen LogP contribution in [-0.2, 0) is 26.2 Å². The first-order chi connectivity index (χ1) is 15.8. The van der Waals surface area contributed by atoms with Crippen LogP contribution in [0.25, 0.3) is 0 Å². The van der Waals surface area contributed by atoms with Crippen LogP contribution in [-0.4, -0.2) is 50.0 Å². The Morgan fingerprint density at radius 2 is 1.74 bits per heavy atom. The smallest absolute Gasteiger partial charge is 0.244 e. The minimum atomic E-state index is -3.77. The van der Waals surface area contributed by atoms with Crippen molar-refractivity contribution in [2.24, 2.45) is 0 Å². The van der Waals surface area contributed by atoms with Crippen molar-refractivity contribution in [1.82, 2.24) is 10.2 Å². The monoisotopic (exact) mass is 571 g/mol. The van der Waals surface area contributed by atoms with Crippen LogP contribution in [0.4, 0.5) is 5.69 Å². The van der Waals surface area contributed by atoms with Crippen molar-refractivity contribution in [2.45, 2.75) is 52.7 Å². The predicted octanol–water partition coefficient (Wildman–Crippen LogP) is 4.51. The summed E-state index contributed by atoms with van der Waals surface area (Å²) in [6.07, 6.45) is 1.43. The van der Waals surface area contributed by atoms with E-state index in [4.69, 9.17) is 11.6 Å². The largest absolute Gasteiger partial charge is 0.352 e. The van der Waals surface area contributed by atoms with E-state index in [0.29, 0.717) is 17.1 Å². The van der Waals surface area contributed by atoms with E-state index in [9.17, 15) is 18.0 Å². The number of aryl methyl sites for hydroxylation is 1. The number of rotatable bonds is 10. The van der Waals surface area contributed by atoms with Gasteiger partial charge in [-0.05, 0) is 68.7 Å². The van der Waals surface area contributed by atoms with Crippen LogP contribution in [0.1, 0.15) is 38.3 Å². The first kappa shape index (κ1) is 28.1. The van der Waals surface area contributed by atoms with Crippen LogP contribution in [0.5, 0.6) is 0 Å². The highest BCUT2D eigenvalue weighted by Crippen LogP contribution is 2.25. The number of sulfonamides is 1. The molecule has 0 bridgehead atoms. The molecule has 1 atom stereocenters. The van der Waals surface area contributed by atoms with Crippen LogP contribution < -0.4 is 9.62 Å². The van der Waals surface area contributed by atoms with Crippen LogP contribution in [0.3, 0.4) is 0 Å². The van der Waals surface area contributed by atoms with Gasteiger partial charge in [-0.2, -0.15) is 0 Å². The molecule has 0 fully saturated rings. The zero-order chi connectivity index (χ0) is 25.6. The SMILES string of the molecule is CCC(C(=O)NC(C)C)N(Cc1ccc(Cl)cc1)C(=O)CN(c1ccc(Br)c(C)c1)S(C)(=O)=O. The fraction of sp³-hybridized carbons (Fsp3) is 0.417. The van der Waals surface area contributed by atoms with E-state index in [0.717, 1.165) is 26.2 Å². The Hall–Kier alpha value is -2.10. The molecule has 0 spiro atoms. The minimum absolute atomic E-state index is 0.104. The van der Waals surface area contributed by atoms with E-state index in [1.165, 1.54) is 4.90 Å². The first-order valence-electron chi connectivity index (χ1n) is 10.9. The van der Waals surface area contributed by atoms with Crippen molar-refractivity contribution in [3.8, 4) is 0 Å². The number of amides is 2. The average molecular weight is 573 g/mol. The van der Waals surface area contributed by atoms with Gasteiger partial charge in [-0.25, -0.2) is 8.42 Å². The summed E-state index contributed by atoms with van der Waals surface area (Å²) in [5.74, 6) is -0.767. The number of carbonyl (C=O) groups excluding carboxylic acids is 2. The molecular weight excluding hydrogens is 542 g/mol. The third-order valence-corrected chi connectivity index (χ3v) is 7.47. The van der Waals surface area contributed by atoms with Gasteiger partial charge < -0.3 is 10.2 Å². The molecular formula is C24H31BrClN3O4S. The van der Waals surface area contributed by atoms with Gasteiger partial charge in [0.15, 0.2) is 0 Å². The lowest BCUT2D eigenvalue weighted by Crippen LogP contribution is -2.53. The van der Waals surface area contributed by atoms with Crippen molar-refractivity contribution in [2.75, 3.05) is 17.1 Å². The molecule has 7 nitrogen and oxygen atoms in total. The summed E-state index contributed by atoms with van der Waals surface area (Å²) in [6, 6.07) is 11.2. The van der Waals surface area contributed by atoms with Crippen molar-refractivity contribution in [3.05, 3.63) is 63.1 Å². The second-order valence-corrected chi connectivity index (χ2v) is 11.6. The van der Waals surface area contributed by atoms with Gasteiger partial charge in [0.2, 0.25) is 21.8 Å². The zero-order valence-corrected chi connectivity index (χ0v) is 23.2. The maximum absolute atomic E-state index is 13.6. The van der Waals surface area contributed by atoms with Gasteiger partial charge in [0.05, 0.1) is 11.9 Å². The third kappa shape index (κ3) is 7.71. The summed E-state index contributed by atoms with van der Waals surface area (Å²) in [4.78, 5) is 28.0. The molecule has 0 aliphatic carbocycles. The summed E-state index contributed by atoms with van der Waals surface area (Å²) in [5, 5.41) is 3.42. The predicted molar refractivity (Wildman–Crippen MR) is 140 cm³/mol. The molecule has 0 aromatic heterocycles. The average Bonchev–Trinajstić information content (AvgIpc) is 2.74. The number of nitrogens with one attached hydrogen (secondary N) is 1. The molecule has 34 heavy (non-hydrogen) atoms. The summed E-state index contributed by atoms with van der Waals surface area (Å²) >= 11 is 9.41. The van der Waals surface area contributed by atoms with Crippen LogP contribution >= 0.6 is 27.5 Å². The quantitative estimate of drug-likeness (QED) is 0.454. The lowest BCUT2D eigenvalue weighted by molar-refractivity contribution is -0.140. The van der Waals surface area contributed by atoms with E-state index in [-0.39, 0.29) is 18.5 Å². The Balaban J connectivity index is 2.45. The molecule has 2 aromatic rings. The van der Waals surface area contributed by atoms with Crippen molar-refractivity contribution < 1.29 is 18.0 Å². The topological polar surface area (TPSA) is 86.8 Å². The molecule has 2 rings (SSSR count). The lowest BCUT2D eigenvalue weighted by Gasteiger charge is -2.33. The molecule has 2 aromatic carbocycles. The molecule has 0 heterocycles. The van der Waals surface area contributed by atoms with Crippen LogP contribution in [0.2, 0.25) is 5.02 Å². The second-order valence-electron chi connectivity index (χ2n) is 8.44. The minimum Gasteiger partial charge on any atom is -0.352 e. The van der Waals surface area contributed by atoms with Gasteiger partial charge in [-0.1, -0.05) is 46.6 Å². The van der Waals surface area contributed by atoms with Gasteiger partial charge in [0.25, 0.3) is 0 Å².